The number of rotatable bonds is 10. The first-order chi connectivity index (χ1) is 23.1. The van der Waals surface area contributed by atoms with E-state index in [2.05, 4.69) is 24.9 Å². The van der Waals surface area contributed by atoms with Crippen LogP contribution in [0.25, 0.3) is 0 Å². The molecule has 2 aromatic carbocycles. The molecule has 4 aromatic rings. The van der Waals surface area contributed by atoms with Crippen molar-refractivity contribution < 1.29 is 41.0 Å². The summed E-state index contributed by atoms with van der Waals surface area (Å²) in [7, 11) is -4.07. The van der Waals surface area contributed by atoms with Gasteiger partial charge in [-0.15, -0.1) is 0 Å². The van der Waals surface area contributed by atoms with Gasteiger partial charge in [0.15, 0.2) is 0 Å². The molecular formula is C31H27Cl3F3N5O6S. The molecule has 0 aliphatic carbocycles. The number of likely N-dealkylation sites (tertiary alicyclic amines) is 1. The molecule has 0 bridgehead atoms. The van der Waals surface area contributed by atoms with Crippen LogP contribution >= 0.6 is 34.8 Å². The highest BCUT2D eigenvalue weighted by Crippen LogP contribution is 2.33. The average Bonchev–Trinajstić information content (AvgIpc) is 3.59. The Labute approximate surface area is 294 Å². The van der Waals surface area contributed by atoms with Gasteiger partial charge in [0.25, 0.3) is 15.9 Å². The maximum atomic E-state index is 13.0. The summed E-state index contributed by atoms with van der Waals surface area (Å²) in [5, 5.41) is 10.7. The number of ether oxygens (including phenoxy) is 1. The Hall–Kier alpha value is -4.15. The van der Waals surface area contributed by atoms with Crippen molar-refractivity contribution in [3.8, 4) is 11.6 Å². The molecule has 0 spiro atoms. The first-order valence-corrected chi connectivity index (χ1v) is 16.9. The van der Waals surface area contributed by atoms with Crippen LogP contribution in [0.4, 0.5) is 18.9 Å². The Balaban J connectivity index is 0.000000698. The monoisotopic (exact) mass is 759 g/mol. The van der Waals surface area contributed by atoms with Gasteiger partial charge in [-0.05, 0) is 86.1 Å². The highest BCUT2D eigenvalue weighted by Gasteiger charge is 2.38. The van der Waals surface area contributed by atoms with Crippen LogP contribution in [0.15, 0.2) is 84.1 Å². The van der Waals surface area contributed by atoms with Crippen LogP contribution in [0.1, 0.15) is 34.8 Å². The molecule has 1 atom stereocenters. The summed E-state index contributed by atoms with van der Waals surface area (Å²) in [6, 6.07) is 15.7. The number of carbonyl (C=O) groups excluding carboxylic acids is 1. The number of aromatic nitrogens is 2. The topological polar surface area (TPSA) is 151 Å². The van der Waals surface area contributed by atoms with Crippen molar-refractivity contribution in [3.05, 3.63) is 105 Å². The lowest BCUT2D eigenvalue weighted by atomic mass is 10.1. The fourth-order valence-electron chi connectivity index (χ4n) is 4.59. The van der Waals surface area contributed by atoms with Crippen LogP contribution in [0, 0.1) is 0 Å². The number of alkyl halides is 3. The van der Waals surface area contributed by atoms with Gasteiger partial charge < -0.3 is 15.2 Å². The van der Waals surface area contributed by atoms with Crippen molar-refractivity contribution in [2.45, 2.75) is 30.0 Å². The van der Waals surface area contributed by atoms with Crippen molar-refractivity contribution >= 4 is 62.4 Å². The number of carbonyl (C=O) groups is 2. The number of carboxylic acids is 1. The van der Waals surface area contributed by atoms with E-state index in [0.717, 1.165) is 31.5 Å². The number of nitrogens with zero attached hydrogens (tertiary/aromatic N) is 3. The zero-order chi connectivity index (χ0) is 35.8. The molecule has 5 rings (SSSR count). The van der Waals surface area contributed by atoms with Crippen molar-refractivity contribution in [2.24, 2.45) is 0 Å². The number of halogens is 6. The number of aliphatic carboxylic acids is 1. The number of amides is 1. The molecule has 3 heterocycles. The van der Waals surface area contributed by atoms with Gasteiger partial charge in [0, 0.05) is 30.7 Å². The third-order valence-corrected chi connectivity index (χ3v) is 9.25. The highest BCUT2D eigenvalue weighted by molar-refractivity contribution is 7.92. The minimum atomic E-state index is -5.08. The molecule has 260 valence electrons. The number of hydrogen-bond donors (Lipinski definition) is 3. The summed E-state index contributed by atoms with van der Waals surface area (Å²) in [5.74, 6) is -2.69. The molecule has 1 unspecified atom stereocenters. The molecule has 2 aromatic heterocycles. The highest BCUT2D eigenvalue weighted by atomic mass is 35.5. The third kappa shape index (κ3) is 10.7. The predicted octanol–water partition coefficient (Wildman–Crippen LogP) is 7.23. The standard InChI is InChI=1S/C29H26Cl3N5O4S.C2HF3O2/c30-21-14-26(36-42(39,40)23-9-10-24(31)25(32)15-23)29(35-17-21)41-22-7-5-19(6-8-22)28(38)34-18-27(37-12-1-2-13-37)20-4-3-11-33-16-20;3-2(4,5)1(6)7/h3-11,14-17,27,36H,1-2,12-13,18H2,(H,34,38);(H,6,7). The molecule has 1 amide bonds. The molecule has 1 aliphatic rings. The SMILES string of the molecule is O=C(NCC(c1cccnc1)N1CCCC1)c1ccc(Oc2ncc(Cl)cc2NS(=O)(=O)c2ccc(Cl)c(Cl)c2)cc1.O=C(O)C(F)(F)F. The van der Waals surface area contributed by atoms with Gasteiger partial charge in [-0.1, -0.05) is 40.9 Å². The lowest BCUT2D eigenvalue weighted by Crippen LogP contribution is -2.36. The minimum Gasteiger partial charge on any atom is -0.475 e. The summed E-state index contributed by atoms with van der Waals surface area (Å²) >= 11 is 18.0. The predicted molar refractivity (Wildman–Crippen MR) is 177 cm³/mol. The van der Waals surface area contributed by atoms with Crippen LogP contribution in [-0.4, -0.2) is 66.1 Å². The zero-order valence-corrected chi connectivity index (χ0v) is 28.2. The molecule has 0 saturated carbocycles. The molecule has 3 N–H and O–H groups in total. The van der Waals surface area contributed by atoms with E-state index in [-0.39, 0.29) is 43.5 Å². The number of carboxylic acid groups (broad SMARTS) is 1. The van der Waals surface area contributed by atoms with Crippen molar-refractivity contribution in [3.63, 3.8) is 0 Å². The number of pyridine rings is 2. The molecule has 1 aliphatic heterocycles. The van der Waals surface area contributed by atoms with Crippen LogP contribution in [0.3, 0.4) is 0 Å². The quantitative estimate of drug-likeness (QED) is 0.152. The third-order valence-electron chi connectivity index (χ3n) is 6.94. The molecule has 0 radical (unpaired) electrons. The fraction of sp³-hybridized carbons (Fsp3) is 0.226. The summed E-state index contributed by atoms with van der Waals surface area (Å²) in [4.78, 5) is 32.5. The Morgan fingerprint density at radius 1 is 0.980 bits per heavy atom. The summed E-state index contributed by atoms with van der Waals surface area (Å²) in [6.45, 7) is 2.40. The Morgan fingerprint density at radius 3 is 2.24 bits per heavy atom. The second-order valence-electron chi connectivity index (χ2n) is 10.4. The van der Waals surface area contributed by atoms with Gasteiger partial charge in [0.2, 0.25) is 5.88 Å². The van der Waals surface area contributed by atoms with Crippen molar-refractivity contribution in [1.82, 2.24) is 20.2 Å². The number of nitrogens with one attached hydrogen (secondary N) is 2. The van der Waals surface area contributed by atoms with Crippen LogP contribution in [0.5, 0.6) is 11.6 Å². The lowest BCUT2D eigenvalue weighted by Gasteiger charge is -2.28. The van der Waals surface area contributed by atoms with Crippen molar-refractivity contribution in [1.29, 1.82) is 0 Å². The van der Waals surface area contributed by atoms with Gasteiger partial charge in [0.1, 0.15) is 11.4 Å². The molecular weight excluding hydrogens is 734 g/mol. The number of sulfonamides is 1. The fourth-order valence-corrected chi connectivity index (χ4v) is 6.18. The second-order valence-corrected chi connectivity index (χ2v) is 13.3. The number of anilines is 1. The van der Waals surface area contributed by atoms with E-state index in [0.29, 0.717) is 17.9 Å². The van der Waals surface area contributed by atoms with E-state index in [4.69, 9.17) is 49.4 Å². The van der Waals surface area contributed by atoms with E-state index in [1.165, 1.54) is 30.5 Å². The van der Waals surface area contributed by atoms with E-state index < -0.39 is 22.2 Å². The van der Waals surface area contributed by atoms with Gasteiger partial charge in [0.05, 0.1) is 26.0 Å². The minimum absolute atomic E-state index is 0.0127. The van der Waals surface area contributed by atoms with Crippen molar-refractivity contribution in [2.75, 3.05) is 24.4 Å². The normalized spacial score (nSPS) is 13.9. The second kappa shape index (κ2) is 16.5. The average molecular weight is 761 g/mol. The smallest absolute Gasteiger partial charge is 0.475 e. The molecule has 49 heavy (non-hydrogen) atoms. The van der Waals surface area contributed by atoms with Gasteiger partial charge in [-0.2, -0.15) is 13.2 Å². The molecule has 1 saturated heterocycles. The van der Waals surface area contributed by atoms with Gasteiger partial charge >= 0.3 is 12.1 Å². The maximum Gasteiger partial charge on any atom is 0.490 e. The Kier molecular flexibility index (Phi) is 12.7. The van der Waals surface area contributed by atoms with E-state index >= 15 is 0 Å². The van der Waals surface area contributed by atoms with E-state index in [9.17, 15) is 26.4 Å². The van der Waals surface area contributed by atoms with E-state index in [1.807, 2.05) is 18.3 Å². The van der Waals surface area contributed by atoms with Gasteiger partial charge in [-0.25, -0.2) is 18.2 Å². The molecule has 18 heteroatoms. The van der Waals surface area contributed by atoms with Crippen LogP contribution in [0.2, 0.25) is 15.1 Å². The molecule has 1 fully saturated rings. The van der Waals surface area contributed by atoms with Crippen LogP contribution < -0.4 is 14.8 Å². The zero-order valence-electron chi connectivity index (χ0n) is 25.1. The Morgan fingerprint density at radius 2 is 1.65 bits per heavy atom. The number of hydrogen-bond acceptors (Lipinski definition) is 8. The van der Waals surface area contributed by atoms with E-state index in [1.54, 1.807) is 30.5 Å². The molecule has 11 nitrogen and oxygen atoms in total. The summed E-state index contributed by atoms with van der Waals surface area (Å²) in [5.41, 5.74) is 1.52. The largest absolute Gasteiger partial charge is 0.490 e. The van der Waals surface area contributed by atoms with Gasteiger partial charge in [-0.3, -0.25) is 19.4 Å². The Bertz CT molecular complexity index is 1880. The number of benzene rings is 2. The summed E-state index contributed by atoms with van der Waals surface area (Å²) in [6.07, 6.45) is 2.08. The maximum absolute atomic E-state index is 13.0. The lowest BCUT2D eigenvalue weighted by molar-refractivity contribution is -0.192. The first kappa shape index (κ1) is 37.7. The first-order valence-electron chi connectivity index (χ1n) is 14.3. The summed E-state index contributed by atoms with van der Waals surface area (Å²) < 4.78 is 66.0. The van der Waals surface area contributed by atoms with Crippen LogP contribution in [-0.2, 0) is 14.8 Å².